The number of rotatable bonds is 5. The molecule has 166 valence electrons. The third-order valence-corrected chi connectivity index (χ3v) is 6.71. The third-order valence-electron chi connectivity index (χ3n) is 6.71. The number of amides is 2. The molecule has 0 radical (unpaired) electrons. The van der Waals surface area contributed by atoms with Gasteiger partial charge < -0.3 is 9.64 Å². The van der Waals surface area contributed by atoms with Crippen molar-refractivity contribution in [1.29, 1.82) is 0 Å². The van der Waals surface area contributed by atoms with Crippen molar-refractivity contribution in [2.45, 2.75) is 45.4 Å². The van der Waals surface area contributed by atoms with Crippen molar-refractivity contribution in [3.8, 4) is 0 Å². The van der Waals surface area contributed by atoms with Gasteiger partial charge in [0, 0.05) is 19.2 Å². The average molecular weight is 429 g/mol. The van der Waals surface area contributed by atoms with Crippen LogP contribution in [-0.2, 0) is 19.1 Å². The lowest BCUT2D eigenvalue weighted by Crippen LogP contribution is -2.37. The molecule has 2 atom stereocenters. The fourth-order valence-electron chi connectivity index (χ4n) is 5.10. The van der Waals surface area contributed by atoms with E-state index in [2.05, 4.69) is 0 Å². The van der Waals surface area contributed by atoms with E-state index in [9.17, 15) is 24.5 Å². The largest absolute Gasteiger partial charge is 0.466 e. The second kappa shape index (κ2) is 8.64. The second-order valence-corrected chi connectivity index (χ2v) is 8.45. The molecule has 1 saturated carbocycles. The molecule has 1 aliphatic carbocycles. The first-order valence-corrected chi connectivity index (χ1v) is 11.0. The van der Waals surface area contributed by atoms with Crippen LogP contribution >= 0.6 is 0 Å². The number of hydrogen-bond acceptors (Lipinski definition) is 7. The van der Waals surface area contributed by atoms with Gasteiger partial charge in [-0.05, 0) is 44.7 Å². The van der Waals surface area contributed by atoms with Gasteiger partial charge in [-0.25, -0.2) is 4.90 Å². The lowest BCUT2D eigenvalue weighted by Gasteiger charge is -2.32. The molecule has 2 heterocycles. The number of esters is 1. The number of piperidine rings is 1. The second-order valence-electron chi connectivity index (χ2n) is 8.45. The Morgan fingerprint density at radius 1 is 1.10 bits per heavy atom. The normalized spacial score (nSPS) is 24.3. The van der Waals surface area contributed by atoms with Crippen LogP contribution in [0.15, 0.2) is 18.2 Å². The minimum absolute atomic E-state index is 0.137. The molecule has 3 aliphatic rings. The van der Waals surface area contributed by atoms with E-state index in [4.69, 9.17) is 4.74 Å². The first-order chi connectivity index (χ1) is 14.9. The molecular formula is C22H27N3O6. The number of anilines is 2. The van der Waals surface area contributed by atoms with Crippen molar-refractivity contribution >= 4 is 34.8 Å². The number of benzene rings is 1. The van der Waals surface area contributed by atoms with Crippen molar-refractivity contribution in [2.75, 3.05) is 29.5 Å². The standard InChI is InChI=1S/C22H27N3O6/c1-2-31-22(28)14-9-11-23(12-10-14)18-8-7-15(13-19(18)25(29)30)24-20(26)16-5-3-4-6-17(16)21(24)27/h7-8,13-14,16-17H,2-6,9-12H2,1H3/t16-,17-/m0/s1. The number of hydrogen-bond donors (Lipinski definition) is 0. The summed E-state index contributed by atoms with van der Waals surface area (Å²) in [6.45, 7) is 3.09. The highest BCUT2D eigenvalue weighted by Gasteiger charge is 2.49. The predicted molar refractivity (Wildman–Crippen MR) is 113 cm³/mol. The van der Waals surface area contributed by atoms with E-state index in [1.807, 2.05) is 4.90 Å². The molecule has 0 aromatic heterocycles. The molecule has 9 nitrogen and oxygen atoms in total. The van der Waals surface area contributed by atoms with Gasteiger partial charge in [0.2, 0.25) is 11.8 Å². The zero-order valence-corrected chi connectivity index (χ0v) is 17.6. The molecule has 2 amide bonds. The van der Waals surface area contributed by atoms with Crippen LogP contribution in [0, 0.1) is 27.9 Å². The Hall–Kier alpha value is -2.97. The van der Waals surface area contributed by atoms with Crippen molar-refractivity contribution in [1.82, 2.24) is 0 Å². The minimum Gasteiger partial charge on any atom is -0.466 e. The summed E-state index contributed by atoms with van der Waals surface area (Å²) in [7, 11) is 0. The molecule has 31 heavy (non-hydrogen) atoms. The molecule has 1 aromatic rings. The molecule has 1 aromatic carbocycles. The highest BCUT2D eigenvalue weighted by atomic mass is 16.6. The lowest BCUT2D eigenvalue weighted by molar-refractivity contribution is -0.384. The van der Waals surface area contributed by atoms with Gasteiger partial charge in [0.25, 0.3) is 5.69 Å². The predicted octanol–water partition coefficient (Wildman–Crippen LogP) is 3.05. The lowest BCUT2D eigenvalue weighted by atomic mass is 9.81. The maximum atomic E-state index is 12.9. The van der Waals surface area contributed by atoms with Gasteiger partial charge in [0.05, 0.1) is 35.0 Å². The highest BCUT2D eigenvalue weighted by molar-refractivity contribution is 6.22. The van der Waals surface area contributed by atoms with E-state index in [-0.39, 0.29) is 46.9 Å². The molecule has 0 unspecified atom stereocenters. The van der Waals surface area contributed by atoms with E-state index >= 15 is 0 Å². The van der Waals surface area contributed by atoms with Crippen LogP contribution in [0.4, 0.5) is 17.1 Å². The highest BCUT2D eigenvalue weighted by Crippen LogP contribution is 2.42. The van der Waals surface area contributed by atoms with Crippen molar-refractivity contribution in [2.24, 2.45) is 17.8 Å². The molecule has 0 spiro atoms. The molecule has 2 aliphatic heterocycles. The van der Waals surface area contributed by atoms with E-state index < -0.39 is 4.92 Å². The van der Waals surface area contributed by atoms with Crippen LogP contribution in [-0.4, -0.2) is 42.4 Å². The van der Waals surface area contributed by atoms with Crippen LogP contribution in [0.1, 0.15) is 45.4 Å². The Bertz CT molecular complexity index is 885. The SMILES string of the molecule is CCOC(=O)C1CCN(c2ccc(N3C(=O)[C@H]4CCCC[C@@H]4C3=O)cc2[N+](=O)[O-])CC1. The van der Waals surface area contributed by atoms with E-state index in [1.165, 1.54) is 6.07 Å². The number of nitro groups is 1. The topological polar surface area (TPSA) is 110 Å². The fraction of sp³-hybridized carbons (Fsp3) is 0.591. The molecule has 0 N–H and O–H groups in total. The average Bonchev–Trinajstić information content (AvgIpc) is 3.04. The summed E-state index contributed by atoms with van der Waals surface area (Å²) >= 11 is 0. The molecule has 3 fully saturated rings. The molecular weight excluding hydrogens is 402 g/mol. The number of fused-ring (bicyclic) bond motifs is 1. The van der Waals surface area contributed by atoms with E-state index in [0.29, 0.717) is 51.1 Å². The number of carbonyl (C=O) groups is 3. The Balaban J connectivity index is 1.56. The van der Waals surface area contributed by atoms with Gasteiger partial charge in [0.15, 0.2) is 0 Å². The first-order valence-electron chi connectivity index (χ1n) is 11.0. The van der Waals surface area contributed by atoms with Gasteiger partial charge in [-0.15, -0.1) is 0 Å². The summed E-state index contributed by atoms with van der Waals surface area (Å²) in [4.78, 5) is 52.0. The van der Waals surface area contributed by atoms with Gasteiger partial charge in [-0.3, -0.25) is 24.5 Å². The number of carbonyl (C=O) groups excluding carboxylic acids is 3. The quantitative estimate of drug-likeness (QED) is 0.306. The van der Waals surface area contributed by atoms with Crippen LogP contribution in [0.3, 0.4) is 0 Å². The van der Waals surface area contributed by atoms with Gasteiger partial charge in [-0.1, -0.05) is 12.8 Å². The molecule has 4 rings (SSSR count). The summed E-state index contributed by atoms with van der Waals surface area (Å²) in [5.41, 5.74) is 0.566. The summed E-state index contributed by atoms with van der Waals surface area (Å²) in [5.74, 6) is -1.51. The van der Waals surface area contributed by atoms with Crippen molar-refractivity contribution in [3.63, 3.8) is 0 Å². The summed E-state index contributed by atoms with van der Waals surface area (Å²) in [6.07, 6.45) is 4.36. The Morgan fingerprint density at radius 3 is 2.26 bits per heavy atom. The Labute approximate surface area is 180 Å². The van der Waals surface area contributed by atoms with Crippen LogP contribution in [0.2, 0.25) is 0 Å². The van der Waals surface area contributed by atoms with Gasteiger partial charge in [0.1, 0.15) is 5.69 Å². The van der Waals surface area contributed by atoms with Gasteiger partial charge in [-0.2, -0.15) is 0 Å². The maximum Gasteiger partial charge on any atom is 0.309 e. The van der Waals surface area contributed by atoms with E-state index in [0.717, 1.165) is 17.7 Å². The minimum atomic E-state index is -0.478. The van der Waals surface area contributed by atoms with E-state index in [1.54, 1.807) is 19.1 Å². The zero-order chi connectivity index (χ0) is 22.1. The van der Waals surface area contributed by atoms with Crippen molar-refractivity contribution in [3.05, 3.63) is 28.3 Å². The molecule has 0 bridgehead atoms. The van der Waals surface area contributed by atoms with Crippen LogP contribution < -0.4 is 9.80 Å². The van der Waals surface area contributed by atoms with Crippen LogP contribution in [0.5, 0.6) is 0 Å². The zero-order valence-electron chi connectivity index (χ0n) is 17.6. The number of imide groups is 1. The number of ether oxygens (including phenoxy) is 1. The summed E-state index contributed by atoms with van der Waals surface area (Å²) in [5, 5.41) is 11.8. The maximum absolute atomic E-state index is 12.9. The first kappa shape index (κ1) is 21.3. The smallest absolute Gasteiger partial charge is 0.309 e. The third kappa shape index (κ3) is 3.88. The van der Waals surface area contributed by atoms with Crippen molar-refractivity contribution < 1.29 is 24.0 Å². The fourth-order valence-corrected chi connectivity index (χ4v) is 5.10. The molecule has 9 heteroatoms. The summed E-state index contributed by atoms with van der Waals surface area (Å²) < 4.78 is 5.08. The summed E-state index contributed by atoms with van der Waals surface area (Å²) in [6, 6.07) is 4.56. The Kier molecular flexibility index (Phi) is 5.93. The monoisotopic (exact) mass is 429 g/mol. The number of nitrogens with zero attached hydrogens (tertiary/aromatic N) is 3. The number of nitro benzene ring substituents is 1. The van der Waals surface area contributed by atoms with Crippen LogP contribution in [0.25, 0.3) is 0 Å². The van der Waals surface area contributed by atoms with Gasteiger partial charge >= 0.3 is 5.97 Å². The Morgan fingerprint density at radius 2 is 1.71 bits per heavy atom. The molecule has 2 saturated heterocycles.